The summed E-state index contributed by atoms with van der Waals surface area (Å²) >= 11 is 0. The maximum absolute atomic E-state index is 13.1. The summed E-state index contributed by atoms with van der Waals surface area (Å²) in [4.78, 5) is 39.6. The molecule has 3 amide bonds. The van der Waals surface area contributed by atoms with Crippen LogP contribution in [0.25, 0.3) is 0 Å². The molecule has 0 radical (unpaired) electrons. The number of nitrogens with zero attached hydrogens (tertiary/aromatic N) is 1. The SMILES string of the molecule is Cc1ccccc1N1C(=O)c2ccc(C(=O)N[C@@H](C)c3ccc(F)cc3)cc2C1=O. The van der Waals surface area contributed by atoms with Crippen molar-refractivity contribution in [1.29, 1.82) is 0 Å². The third-order valence-electron chi connectivity index (χ3n) is 5.22. The molecule has 1 atom stereocenters. The van der Waals surface area contributed by atoms with Crippen LogP contribution in [0.1, 0.15) is 55.2 Å². The zero-order chi connectivity index (χ0) is 21.4. The number of anilines is 1. The molecule has 0 unspecified atom stereocenters. The van der Waals surface area contributed by atoms with Gasteiger partial charge in [-0.15, -0.1) is 0 Å². The lowest BCUT2D eigenvalue weighted by Crippen LogP contribution is -2.30. The summed E-state index contributed by atoms with van der Waals surface area (Å²) in [6.45, 7) is 3.61. The lowest BCUT2D eigenvalue weighted by molar-refractivity contribution is 0.0921. The number of carbonyl (C=O) groups excluding carboxylic acids is 3. The summed E-state index contributed by atoms with van der Waals surface area (Å²) in [6.07, 6.45) is 0. The third-order valence-corrected chi connectivity index (χ3v) is 5.22. The average Bonchev–Trinajstić information content (AvgIpc) is 2.98. The molecular weight excluding hydrogens is 383 g/mol. The molecule has 1 heterocycles. The Morgan fingerprint density at radius 2 is 1.60 bits per heavy atom. The first-order valence-corrected chi connectivity index (χ1v) is 9.51. The summed E-state index contributed by atoms with van der Waals surface area (Å²) in [5, 5.41) is 2.83. The number of benzene rings is 3. The van der Waals surface area contributed by atoms with Gasteiger partial charge in [0.15, 0.2) is 0 Å². The van der Waals surface area contributed by atoms with Crippen LogP contribution in [-0.2, 0) is 0 Å². The Bertz CT molecular complexity index is 1170. The fourth-order valence-corrected chi connectivity index (χ4v) is 3.53. The largest absolute Gasteiger partial charge is 0.346 e. The fourth-order valence-electron chi connectivity index (χ4n) is 3.53. The van der Waals surface area contributed by atoms with Gasteiger partial charge in [-0.3, -0.25) is 14.4 Å². The minimum atomic E-state index is -0.453. The van der Waals surface area contributed by atoms with E-state index in [0.717, 1.165) is 16.0 Å². The Balaban J connectivity index is 1.59. The first-order valence-electron chi connectivity index (χ1n) is 9.51. The Morgan fingerprint density at radius 3 is 2.30 bits per heavy atom. The normalized spacial score (nSPS) is 13.9. The summed E-state index contributed by atoms with van der Waals surface area (Å²) in [6, 6.07) is 17.1. The molecule has 0 bridgehead atoms. The van der Waals surface area contributed by atoms with E-state index >= 15 is 0 Å². The maximum Gasteiger partial charge on any atom is 0.266 e. The number of halogens is 1. The second kappa shape index (κ2) is 7.55. The molecule has 30 heavy (non-hydrogen) atoms. The van der Waals surface area contributed by atoms with Crippen LogP contribution in [0.15, 0.2) is 66.7 Å². The number of imide groups is 1. The predicted octanol–water partition coefficient (Wildman–Crippen LogP) is 4.43. The minimum absolute atomic E-state index is 0.199. The molecule has 0 aromatic heterocycles. The van der Waals surface area contributed by atoms with Crippen molar-refractivity contribution in [2.45, 2.75) is 19.9 Å². The maximum atomic E-state index is 13.1. The minimum Gasteiger partial charge on any atom is -0.346 e. The number of carbonyl (C=O) groups is 3. The van der Waals surface area contributed by atoms with E-state index in [1.54, 1.807) is 31.2 Å². The molecule has 0 saturated carbocycles. The monoisotopic (exact) mass is 402 g/mol. The second-order valence-corrected chi connectivity index (χ2v) is 7.24. The van der Waals surface area contributed by atoms with Crippen LogP contribution in [0, 0.1) is 12.7 Å². The van der Waals surface area contributed by atoms with Crippen molar-refractivity contribution < 1.29 is 18.8 Å². The van der Waals surface area contributed by atoms with Crippen LogP contribution in [0.2, 0.25) is 0 Å². The molecule has 1 aliphatic heterocycles. The fraction of sp³-hybridized carbons (Fsp3) is 0.125. The Labute approximate surface area is 173 Å². The van der Waals surface area contributed by atoms with Gasteiger partial charge in [-0.25, -0.2) is 9.29 Å². The van der Waals surface area contributed by atoms with Crippen molar-refractivity contribution in [3.8, 4) is 0 Å². The number of nitrogens with one attached hydrogen (secondary N) is 1. The molecule has 5 nitrogen and oxygen atoms in total. The van der Waals surface area contributed by atoms with E-state index in [0.29, 0.717) is 5.69 Å². The quantitative estimate of drug-likeness (QED) is 0.657. The summed E-state index contributed by atoms with van der Waals surface area (Å²) in [5.74, 6) is -1.59. The standard InChI is InChI=1S/C24H19FN2O3/c1-14-5-3-4-6-21(14)27-23(29)19-12-9-17(13-20(19)24(27)30)22(28)26-15(2)16-7-10-18(25)11-8-16/h3-13,15H,1-2H3,(H,26,28)/t15-/m0/s1. The number of rotatable bonds is 4. The van der Waals surface area contributed by atoms with Gasteiger partial charge in [-0.05, 0) is 61.4 Å². The molecule has 3 aromatic rings. The van der Waals surface area contributed by atoms with Gasteiger partial charge in [0.05, 0.1) is 22.9 Å². The highest BCUT2D eigenvalue weighted by Gasteiger charge is 2.37. The van der Waals surface area contributed by atoms with E-state index in [1.807, 2.05) is 19.1 Å². The van der Waals surface area contributed by atoms with Gasteiger partial charge in [-0.1, -0.05) is 30.3 Å². The number of amides is 3. The van der Waals surface area contributed by atoms with Crippen molar-refractivity contribution in [1.82, 2.24) is 5.32 Å². The van der Waals surface area contributed by atoms with E-state index in [-0.39, 0.29) is 34.5 Å². The Morgan fingerprint density at radius 1 is 0.933 bits per heavy atom. The van der Waals surface area contributed by atoms with Gasteiger partial charge >= 0.3 is 0 Å². The van der Waals surface area contributed by atoms with Crippen LogP contribution in [0.5, 0.6) is 0 Å². The van der Waals surface area contributed by atoms with Crippen molar-refractivity contribution in [2.75, 3.05) is 4.90 Å². The van der Waals surface area contributed by atoms with Crippen LogP contribution in [0.4, 0.5) is 10.1 Å². The molecule has 6 heteroatoms. The molecular formula is C24H19FN2O3. The van der Waals surface area contributed by atoms with Gasteiger partial charge < -0.3 is 5.32 Å². The average molecular weight is 402 g/mol. The van der Waals surface area contributed by atoms with Crippen molar-refractivity contribution in [3.05, 3.63) is 100 Å². The molecule has 3 aromatic carbocycles. The molecule has 1 N–H and O–H groups in total. The highest BCUT2D eigenvalue weighted by molar-refractivity contribution is 6.35. The molecule has 4 rings (SSSR count). The van der Waals surface area contributed by atoms with Gasteiger partial charge in [0.1, 0.15) is 5.82 Å². The topological polar surface area (TPSA) is 66.5 Å². The van der Waals surface area contributed by atoms with Gasteiger partial charge in [-0.2, -0.15) is 0 Å². The van der Waals surface area contributed by atoms with Crippen molar-refractivity contribution in [2.24, 2.45) is 0 Å². The van der Waals surface area contributed by atoms with Gasteiger partial charge in [0.25, 0.3) is 17.7 Å². The molecule has 1 aliphatic rings. The van der Waals surface area contributed by atoms with Crippen molar-refractivity contribution in [3.63, 3.8) is 0 Å². The van der Waals surface area contributed by atoms with Gasteiger partial charge in [0, 0.05) is 5.56 Å². The van der Waals surface area contributed by atoms with Crippen LogP contribution in [0.3, 0.4) is 0 Å². The zero-order valence-corrected chi connectivity index (χ0v) is 16.5. The first-order chi connectivity index (χ1) is 14.4. The highest BCUT2D eigenvalue weighted by atomic mass is 19.1. The number of fused-ring (bicyclic) bond motifs is 1. The van der Waals surface area contributed by atoms with Crippen molar-refractivity contribution >= 4 is 23.4 Å². The zero-order valence-electron chi connectivity index (χ0n) is 16.5. The molecule has 150 valence electrons. The van der Waals surface area contributed by atoms with Crippen LogP contribution in [-0.4, -0.2) is 17.7 Å². The second-order valence-electron chi connectivity index (χ2n) is 7.24. The van der Waals surface area contributed by atoms with Crippen LogP contribution < -0.4 is 10.2 Å². The number of aryl methyl sites for hydroxylation is 1. The Kier molecular flexibility index (Phi) is 4.91. The summed E-state index contributed by atoms with van der Waals surface area (Å²) < 4.78 is 13.1. The van der Waals surface area contributed by atoms with E-state index in [1.165, 1.54) is 30.3 Å². The lowest BCUT2D eigenvalue weighted by Gasteiger charge is -2.16. The summed E-state index contributed by atoms with van der Waals surface area (Å²) in [5.41, 5.74) is 2.83. The molecule has 0 spiro atoms. The van der Waals surface area contributed by atoms with E-state index in [4.69, 9.17) is 0 Å². The predicted molar refractivity (Wildman–Crippen MR) is 111 cm³/mol. The van der Waals surface area contributed by atoms with E-state index < -0.39 is 11.8 Å². The summed E-state index contributed by atoms with van der Waals surface area (Å²) in [7, 11) is 0. The smallest absolute Gasteiger partial charge is 0.266 e. The number of hydrogen-bond acceptors (Lipinski definition) is 3. The molecule has 0 fully saturated rings. The lowest BCUT2D eigenvalue weighted by atomic mass is 10.0. The highest BCUT2D eigenvalue weighted by Crippen LogP contribution is 2.31. The molecule has 0 aliphatic carbocycles. The van der Waals surface area contributed by atoms with E-state index in [2.05, 4.69) is 5.32 Å². The first kappa shape index (κ1) is 19.5. The van der Waals surface area contributed by atoms with Crippen LogP contribution >= 0.6 is 0 Å². The van der Waals surface area contributed by atoms with E-state index in [9.17, 15) is 18.8 Å². The molecule has 0 saturated heterocycles. The van der Waals surface area contributed by atoms with Gasteiger partial charge in [0.2, 0.25) is 0 Å². The number of hydrogen-bond donors (Lipinski definition) is 1. The number of para-hydroxylation sites is 1. The Hall–Kier alpha value is -3.80. The third kappa shape index (κ3) is 3.37.